The highest BCUT2D eigenvalue weighted by Gasteiger charge is 2.29. The number of rotatable bonds is 5. The van der Waals surface area contributed by atoms with Crippen LogP contribution < -0.4 is 0 Å². The van der Waals surface area contributed by atoms with E-state index < -0.39 is 0 Å². The number of carbonyl (C=O) groups excluding carboxylic acids is 1. The van der Waals surface area contributed by atoms with E-state index in [0.717, 1.165) is 42.1 Å². The number of nitrogens with zero attached hydrogens (tertiary/aromatic N) is 1. The van der Waals surface area contributed by atoms with Gasteiger partial charge in [0.25, 0.3) is 0 Å². The molecule has 0 N–H and O–H groups in total. The van der Waals surface area contributed by atoms with E-state index in [1.807, 2.05) is 29.2 Å². The van der Waals surface area contributed by atoms with Crippen LogP contribution in [0.5, 0.6) is 0 Å². The van der Waals surface area contributed by atoms with Crippen molar-refractivity contribution >= 4 is 21.8 Å². The monoisotopic (exact) mass is 337 g/mol. The lowest BCUT2D eigenvalue weighted by Crippen LogP contribution is -2.31. The maximum Gasteiger partial charge on any atom is 0.227 e. The molecular formula is C16H20BrNO2. The summed E-state index contributed by atoms with van der Waals surface area (Å²) in [6, 6.07) is 7.96. The molecule has 1 aliphatic carbocycles. The first-order valence-electron chi connectivity index (χ1n) is 7.34. The van der Waals surface area contributed by atoms with Crippen molar-refractivity contribution in [1.82, 2.24) is 4.90 Å². The number of carbonyl (C=O) groups is 1. The van der Waals surface area contributed by atoms with Crippen LogP contribution in [0.15, 0.2) is 28.7 Å². The van der Waals surface area contributed by atoms with Crippen molar-refractivity contribution in [3.63, 3.8) is 0 Å². The highest BCUT2D eigenvalue weighted by molar-refractivity contribution is 9.10. The fourth-order valence-corrected chi connectivity index (χ4v) is 2.80. The summed E-state index contributed by atoms with van der Waals surface area (Å²) in [4.78, 5) is 14.2. The molecule has 1 aromatic rings. The van der Waals surface area contributed by atoms with Crippen LogP contribution in [0, 0.1) is 5.92 Å². The van der Waals surface area contributed by atoms with Gasteiger partial charge < -0.3 is 9.64 Å². The van der Waals surface area contributed by atoms with E-state index in [1.54, 1.807) is 0 Å². The molecule has 0 radical (unpaired) electrons. The van der Waals surface area contributed by atoms with Gasteiger partial charge in [0.2, 0.25) is 5.91 Å². The van der Waals surface area contributed by atoms with Crippen LogP contribution in [-0.2, 0) is 16.0 Å². The van der Waals surface area contributed by atoms with Gasteiger partial charge in [-0.25, -0.2) is 0 Å². The second-order valence-corrected chi connectivity index (χ2v) is 6.75. The van der Waals surface area contributed by atoms with Gasteiger partial charge in [-0.3, -0.25) is 4.79 Å². The number of amides is 1. The van der Waals surface area contributed by atoms with Gasteiger partial charge in [0, 0.05) is 24.2 Å². The van der Waals surface area contributed by atoms with Gasteiger partial charge in [-0.05, 0) is 42.9 Å². The van der Waals surface area contributed by atoms with Crippen LogP contribution in [-0.4, -0.2) is 36.6 Å². The fourth-order valence-electron chi connectivity index (χ4n) is 2.54. The van der Waals surface area contributed by atoms with E-state index in [-0.39, 0.29) is 12.0 Å². The molecule has 3 rings (SSSR count). The second-order valence-electron chi connectivity index (χ2n) is 5.83. The number of hydrogen-bond acceptors (Lipinski definition) is 2. The Balaban J connectivity index is 1.46. The van der Waals surface area contributed by atoms with E-state index in [1.165, 1.54) is 12.8 Å². The van der Waals surface area contributed by atoms with Gasteiger partial charge in [-0.15, -0.1) is 0 Å². The molecule has 20 heavy (non-hydrogen) atoms. The Hall–Kier alpha value is -0.870. The summed E-state index contributed by atoms with van der Waals surface area (Å²) < 4.78 is 6.92. The third kappa shape index (κ3) is 3.83. The summed E-state index contributed by atoms with van der Waals surface area (Å²) in [5.74, 6) is 1.01. The predicted octanol–water partition coefficient (Wildman–Crippen LogP) is 3.02. The normalized spacial score (nSPS) is 22.2. The molecule has 1 saturated carbocycles. The summed E-state index contributed by atoms with van der Waals surface area (Å²) in [5.41, 5.74) is 1.07. The van der Waals surface area contributed by atoms with Crippen LogP contribution in [0.25, 0.3) is 0 Å². The fraction of sp³-hybridized carbons (Fsp3) is 0.562. The maximum atomic E-state index is 12.3. The molecule has 1 aromatic carbocycles. The molecular weight excluding hydrogens is 318 g/mol. The molecule has 1 heterocycles. The Kier molecular flexibility index (Phi) is 4.41. The lowest BCUT2D eigenvalue weighted by Gasteiger charge is -2.17. The van der Waals surface area contributed by atoms with Gasteiger partial charge >= 0.3 is 0 Å². The third-order valence-corrected chi connectivity index (χ3v) is 4.56. The summed E-state index contributed by atoms with van der Waals surface area (Å²) in [7, 11) is 0. The minimum atomic E-state index is 0.213. The standard InChI is InChI=1S/C16H20BrNO2/c17-14-5-3-12(4-6-14)9-16(19)18-8-7-15(10-18)20-11-13-1-2-13/h3-6,13,15H,1-2,7-11H2. The number of benzene rings is 1. The Labute approximate surface area is 128 Å². The Bertz CT molecular complexity index is 470. The molecule has 1 atom stereocenters. The average molecular weight is 338 g/mol. The smallest absolute Gasteiger partial charge is 0.227 e. The van der Waals surface area contributed by atoms with Gasteiger partial charge in [-0.2, -0.15) is 0 Å². The van der Waals surface area contributed by atoms with Crippen molar-refractivity contribution in [1.29, 1.82) is 0 Å². The molecule has 0 bridgehead atoms. The summed E-state index contributed by atoms with van der Waals surface area (Å²) in [6.07, 6.45) is 4.36. The quantitative estimate of drug-likeness (QED) is 0.826. The minimum absolute atomic E-state index is 0.213. The number of hydrogen-bond donors (Lipinski definition) is 0. The molecule has 1 saturated heterocycles. The van der Waals surface area contributed by atoms with E-state index in [2.05, 4.69) is 15.9 Å². The first kappa shape index (κ1) is 14.1. The van der Waals surface area contributed by atoms with Crippen LogP contribution in [0.1, 0.15) is 24.8 Å². The van der Waals surface area contributed by atoms with Crippen molar-refractivity contribution in [2.24, 2.45) is 5.92 Å². The van der Waals surface area contributed by atoms with E-state index >= 15 is 0 Å². The molecule has 2 aliphatic rings. The summed E-state index contributed by atoms with van der Waals surface area (Å²) >= 11 is 3.41. The molecule has 1 amide bonds. The van der Waals surface area contributed by atoms with Crippen LogP contribution in [0.2, 0.25) is 0 Å². The van der Waals surface area contributed by atoms with Crippen molar-refractivity contribution < 1.29 is 9.53 Å². The Morgan fingerprint density at radius 2 is 2.00 bits per heavy atom. The van der Waals surface area contributed by atoms with Crippen molar-refractivity contribution in [2.75, 3.05) is 19.7 Å². The molecule has 3 nitrogen and oxygen atoms in total. The van der Waals surface area contributed by atoms with E-state index in [0.29, 0.717) is 6.42 Å². The average Bonchev–Trinajstić information content (AvgIpc) is 3.15. The maximum absolute atomic E-state index is 12.3. The zero-order valence-corrected chi connectivity index (χ0v) is 13.1. The lowest BCUT2D eigenvalue weighted by molar-refractivity contribution is -0.130. The van der Waals surface area contributed by atoms with E-state index in [4.69, 9.17) is 4.74 Å². The van der Waals surface area contributed by atoms with Crippen LogP contribution in [0.3, 0.4) is 0 Å². The molecule has 4 heteroatoms. The summed E-state index contributed by atoms with van der Waals surface area (Å²) in [6.45, 7) is 2.49. The van der Waals surface area contributed by atoms with Gasteiger partial charge in [-0.1, -0.05) is 28.1 Å². The van der Waals surface area contributed by atoms with Gasteiger partial charge in [0.1, 0.15) is 0 Å². The van der Waals surface area contributed by atoms with Gasteiger partial charge in [0.05, 0.1) is 12.5 Å². The second kappa shape index (κ2) is 6.27. The molecule has 2 fully saturated rings. The SMILES string of the molecule is O=C(Cc1ccc(Br)cc1)N1CCC(OCC2CC2)C1. The predicted molar refractivity (Wildman–Crippen MR) is 81.5 cm³/mol. The zero-order chi connectivity index (χ0) is 13.9. The molecule has 108 valence electrons. The largest absolute Gasteiger partial charge is 0.376 e. The van der Waals surface area contributed by atoms with Crippen LogP contribution >= 0.6 is 15.9 Å². The number of halogens is 1. The zero-order valence-electron chi connectivity index (χ0n) is 11.6. The topological polar surface area (TPSA) is 29.5 Å². The van der Waals surface area contributed by atoms with Crippen molar-refractivity contribution in [3.05, 3.63) is 34.3 Å². The van der Waals surface area contributed by atoms with Crippen molar-refractivity contribution in [2.45, 2.75) is 31.8 Å². The molecule has 0 spiro atoms. The number of ether oxygens (including phenoxy) is 1. The molecule has 1 unspecified atom stereocenters. The minimum Gasteiger partial charge on any atom is -0.376 e. The first-order valence-corrected chi connectivity index (χ1v) is 8.14. The van der Waals surface area contributed by atoms with Gasteiger partial charge in [0.15, 0.2) is 0 Å². The van der Waals surface area contributed by atoms with Crippen LogP contribution in [0.4, 0.5) is 0 Å². The number of likely N-dealkylation sites (tertiary alicyclic amines) is 1. The molecule has 0 aromatic heterocycles. The lowest BCUT2D eigenvalue weighted by atomic mass is 10.1. The highest BCUT2D eigenvalue weighted by Crippen LogP contribution is 2.30. The third-order valence-electron chi connectivity index (χ3n) is 4.03. The Morgan fingerprint density at radius 1 is 1.25 bits per heavy atom. The molecule has 1 aliphatic heterocycles. The first-order chi connectivity index (χ1) is 9.70. The summed E-state index contributed by atoms with van der Waals surface area (Å²) in [5, 5.41) is 0. The highest BCUT2D eigenvalue weighted by atomic mass is 79.9. The Morgan fingerprint density at radius 3 is 2.70 bits per heavy atom. The van der Waals surface area contributed by atoms with Crippen molar-refractivity contribution in [3.8, 4) is 0 Å². The van der Waals surface area contributed by atoms with E-state index in [9.17, 15) is 4.79 Å².